The highest BCUT2D eigenvalue weighted by Crippen LogP contribution is 2.33. The van der Waals surface area contributed by atoms with E-state index in [9.17, 15) is 4.79 Å². The van der Waals surface area contributed by atoms with Crippen molar-refractivity contribution in [2.24, 2.45) is 11.7 Å². The predicted molar refractivity (Wildman–Crippen MR) is 86.7 cm³/mol. The van der Waals surface area contributed by atoms with Gasteiger partial charge in [0.25, 0.3) is 0 Å². The summed E-state index contributed by atoms with van der Waals surface area (Å²) in [7, 11) is 0. The Bertz CT molecular complexity index is 633. The van der Waals surface area contributed by atoms with E-state index < -0.39 is 0 Å². The molecule has 2 heterocycles. The Morgan fingerprint density at radius 3 is 2.57 bits per heavy atom. The van der Waals surface area contributed by atoms with Gasteiger partial charge in [0.1, 0.15) is 0 Å². The van der Waals surface area contributed by atoms with E-state index in [0.717, 1.165) is 46.5 Å². The molecule has 3 rings (SSSR count). The lowest BCUT2D eigenvalue weighted by Crippen LogP contribution is -2.38. The Morgan fingerprint density at radius 2 is 1.95 bits per heavy atom. The summed E-state index contributed by atoms with van der Waals surface area (Å²) in [5.74, 6) is -0.174. The Morgan fingerprint density at radius 1 is 1.29 bits per heavy atom. The quantitative estimate of drug-likeness (QED) is 0.944. The third-order valence-electron chi connectivity index (χ3n) is 3.79. The van der Waals surface area contributed by atoms with E-state index >= 15 is 0 Å². The number of benzene rings is 1. The highest BCUT2D eigenvalue weighted by molar-refractivity contribution is 7.18. The summed E-state index contributed by atoms with van der Waals surface area (Å²) < 4.78 is 0. The number of halogens is 1. The van der Waals surface area contributed by atoms with Crippen LogP contribution in [0.25, 0.3) is 10.4 Å². The first-order valence-electron chi connectivity index (χ1n) is 6.89. The average Bonchev–Trinajstić information content (AvgIpc) is 2.98. The van der Waals surface area contributed by atoms with E-state index in [-0.39, 0.29) is 11.8 Å². The van der Waals surface area contributed by atoms with Gasteiger partial charge >= 0.3 is 0 Å². The molecule has 1 aliphatic heterocycles. The van der Waals surface area contributed by atoms with Crippen molar-refractivity contribution in [3.63, 3.8) is 0 Å². The predicted octanol–water partition coefficient (Wildman–Crippen LogP) is 3.17. The van der Waals surface area contributed by atoms with Crippen LogP contribution in [0, 0.1) is 5.92 Å². The van der Waals surface area contributed by atoms with Crippen molar-refractivity contribution in [2.45, 2.75) is 12.8 Å². The van der Waals surface area contributed by atoms with Crippen LogP contribution in [0.15, 0.2) is 30.5 Å². The molecular formula is C15H16ClN3OS. The molecule has 0 saturated carbocycles. The van der Waals surface area contributed by atoms with Gasteiger partial charge in [0, 0.05) is 30.2 Å². The molecule has 1 aromatic heterocycles. The molecule has 4 nitrogen and oxygen atoms in total. The molecule has 0 radical (unpaired) electrons. The molecule has 0 unspecified atom stereocenters. The molecule has 0 spiro atoms. The van der Waals surface area contributed by atoms with Crippen LogP contribution >= 0.6 is 22.9 Å². The fourth-order valence-electron chi connectivity index (χ4n) is 2.51. The second kappa shape index (κ2) is 6.03. The van der Waals surface area contributed by atoms with Crippen molar-refractivity contribution in [1.82, 2.24) is 4.98 Å². The summed E-state index contributed by atoms with van der Waals surface area (Å²) in [5, 5.41) is 1.74. The summed E-state index contributed by atoms with van der Waals surface area (Å²) in [6.07, 6.45) is 3.51. The summed E-state index contributed by atoms with van der Waals surface area (Å²) >= 11 is 7.57. The second-order valence-electron chi connectivity index (χ2n) is 5.18. The van der Waals surface area contributed by atoms with E-state index in [1.807, 2.05) is 30.5 Å². The molecule has 6 heteroatoms. The van der Waals surface area contributed by atoms with Crippen molar-refractivity contribution < 1.29 is 4.79 Å². The molecule has 2 aromatic rings. The molecule has 21 heavy (non-hydrogen) atoms. The van der Waals surface area contributed by atoms with Crippen LogP contribution in [-0.4, -0.2) is 24.0 Å². The van der Waals surface area contributed by atoms with Crippen LogP contribution in [0.1, 0.15) is 12.8 Å². The normalized spacial score (nSPS) is 16.1. The molecule has 0 aliphatic carbocycles. The SMILES string of the molecule is NC(=O)C1CCN(c2ncc(-c3ccc(Cl)cc3)s2)CC1. The number of thiazole rings is 1. The van der Waals surface area contributed by atoms with E-state index in [1.54, 1.807) is 11.3 Å². The minimum atomic E-state index is -0.185. The summed E-state index contributed by atoms with van der Waals surface area (Å²) in [6.45, 7) is 1.67. The largest absolute Gasteiger partial charge is 0.369 e. The minimum absolute atomic E-state index is 0.0111. The Labute approximate surface area is 132 Å². The van der Waals surface area contributed by atoms with E-state index in [1.165, 1.54) is 0 Å². The molecule has 1 saturated heterocycles. The van der Waals surface area contributed by atoms with Crippen molar-refractivity contribution in [1.29, 1.82) is 0 Å². The zero-order valence-electron chi connectivity index (χ0n) is 11.5. The van der Waals surface area contributed by atoms with Crippen LogP contribution in [-0.2, 0) is 4.79 Å². The number of primary amides is 1. The average molecular weight is 322 g/mol. The van der Waals surface area contributed by atoms with Crippen molar-refractivity contribution in [3.8, 4) is 10.4 Å². The van der Waals surface area contributed by atoms with Crippen molar-refractivity contribution in [2.75, 3.05) is 18.0 Å². The number of nitrogens with zero attached hydrogens (tertiary/aromatic N) is 2. The van der Waals surface area contributed by atoms with Crippen molar-refractivity contribution in [3.05, 3.63) is 35.5 Å². The number of carbonyl (C=O) groups excluding carboxylic acids is 1. The number of anilines is 1. The first kappa shape index (κ1) is 14.4. The number of aromatic nitrogens is 1. The first-order valence-corrected chi connectivity index (χ1v) is 8.09. The fraction of sp³-hybridized carbons (Fsp3) is 0.333. The van der Waals surface area contributed by atoms with Gasteiger partial charge in [-0.05, 0) is 30.5 Å². The summed E-state index contributed by atoms with van der Waals surface area (Å²) in [4.78, 5) is 19.0. The molecule has 0 bridgehead atoms. The second-order valence-corrected chi connectivity index (χ2v) is 6.62. The molecule has 1 aliphatic rings. The topological polar surface area (TPSA) is 59.2 Å². The number of carbonyl (C=O) groups is 1. The number of nitrogens with two attached hydrogens (primary N) is 1. The number of piperidine rings is 1. The number of hydrogen-bond donors (Lipinski definition) is 1. The Kier molecular flexibility index (Phi) is 4.12. The van der Waals surface area contributed by atoms with Crippen LogP contribution in [0.2, 0.25) is 5.02 Å². The molecule has 2 N–H and O–H groups in total. The van der Waals surface area contributed by atoms with Crippen molar-refractivity contribution >= 4 is 34.0 Å². The van der Waals surface area contributed by atoms with Gasteiger partial charge in [0.15, 0.2) is 5.13 Å². The van der Waals surface area contributed by atoms with Gasteiger partial charge < -0.3 is 10.6 Å². The Hall–Kier alpha value is -1.59. The van der Waals surface area contributed by atoms with E-state index in [0.29, 0.717) is 0 Å². The molecular weight excluding hydrogens is 306 g/mol. The van der Waals surface area contributed by atoms with Gasteiger partial charge in [-0.25, -0.2) is 4.98 Å². The molecule has 1 aromatic carbocycles. The van der Waals surface area contributed by atoms with Gasteiger partial charge in [-0.3, -0.25) is 4.79 Å². The zero-order chi connectivity index (χ0) is 14.8. The lowest BCUT2D eigenvalue weighted by atomic mass is 9.97. The lowest BCUT2D eigenvalue weighted by molar-refractivity contribution is -0.122. The van der Waals surface area contributed by atoms with Crippen LogP contribution in [0.3, 0.4) is 0 Å². The molecule has 0 atom stereocenters. The van der Waals surface area contributed by atoms with Gasteiger partial charge in [0.05, 0.1) is 4.88 Å². The summed E-state index contributed by atoms with van der Waals surface area (Å²) in [5.41, 5.74) is 6.48. The molecule has 1 fully saturated rings. The smallest absolute Gasteiger partial charge is 0.220 e. The monoisotopic (exact) mass is 321 g/mol. The number of rotatable bonds is 3. The molecule has 110 valence electrons. The first-order chi connectivity index (χ1) is 10.1. The number of hydrogen-bond acceptors (Lipinski definition) is 4. The van der Waals surface area contributed by atoms with E-state index in [4.69, 9.17) is 17.3 Å². The van der Waals surface area contributed by atoms with Crippen LogP contribution in [0.5, 0.6) is 0 Å². The lowest BCUT2D eigenvalue weighted by Gasteiger charge is -2.30. The van der Waals surface area contributed by atoms with Gasteiger partial charge in [0.2, 0.25) is 5.91 Å². The maximum absolute atomic E-state index is 11.2. The standard InChI is InChI=1S/C15H16ClN3OS/c16-12-3-1-10(2-4-12)13-9-18-15(21-13)19-7-5-11(6-8-19)14(17)20/h1-4,9,11H,5-8H2,(H2,17,20). The van der Waals surface area contributed by atoms with Gasteiger partial charge in [-0.1, -0.05) is 35.1 Å². The summed E-state index contributed by atoms with van der Waals surface area (Å²) in [6, 6.07) is 7.77. The fourth-order valence-corrected chi connectivity index (χ4v) is 3.61. The van der Waals surface area contributed by atoms with E-state index in [2.05, 4.69) is 9.88 Å². The highest BCUT2D eigenvalue weighted by atomic mass is 35.5. The van der Waals surface area contributed by atoms with Gasteiger partial charge in [-0.15, -0.1) is 0 Å². The third kappa shape index (κ3) is 3.19. The number of amides is 1. The minimum Gasteiger partial charge on any atom is -0.369 e. The third-order valence-corrected chi connectivity index (χ3v) is 5.15. The van der Waals surface area contributed by atoms with Crippen LogP contribution < -0.4 is 10.6 Å². The Balaban J connectivity index is 1.71. The highest BCUT2D eigenvalue weighted by Gasteiger charge is 2.24. The zero-order valence-corrected chi connectivity index (χ0v) is 13.0. The maximum Gasteiger partial charge on any atom is 0.220 e. The van der Waals surface area contributed by atoms with Gasteiger partial charge in [-0.2, -0.15) is 0 Å². The maximum atomic E-state index is 11.2. The molecule has 1 amide bonds. The van der Waals surface area contributed by atoms with Crippen LogP contribution in [0.4, 0.5) is 5.13 Å².